The lowest BCUT2D eigenvalue weighted by Gasteiger charge is -2.07. The van der Waals surface area contributed by atoms with Gasteiger partial charge in [-0.1, -0.05) is 36.4 Å². The van der Waals surface area contributed by atoms with Crippen LogP contribution in [0, 0.1) is 13.8 Å². The van der Waals surface area contributed by atoms with Crippen molar-refractivity contribution in [1.82, 2.24) is 0 Å². The molecular formula is C19H16ClN. The summed E-state index contributed by atoms with van der Waals surface area (Å²) in [6.45, 7) is 4.40. The average molecular weight is 294 g/mol. The maximum absolute atomic E-state index is 2.26. The molecule has 2 aromatic heterocycles. The van der Waals surface area contributed by atoms with Gasteiger partial charge in [0, 0.05) is 17.2 Å². The van der Waals surface area contributed by atoms with Crippen LogP contribution in [0.15, 0.2) is 60.9 Å². The Bertz CT molecular complexity index is 973. The van der Waals surface area contributed by atoms with Gasteiger partial charge in [-0.05, 0) is 36.1 Å². The van der Waals surface area contributed by atoms with Crippen LogP contribution < -0.4 is 16.8 Å². The molecule has 2 heterocycles. The largest absolute Gasteiger partial charge is 1.00 e. The third kappa shape index (κ3) is 1.97. The van der Waals surface area contributed by atoms with Crippen molar-refractivity contribution in [1.29, 1.82) is 0 Å². The van der Waals surface area contributed by atoms with E-state index in [-0.39, 0.29) is 12.4 Å². The molecule has 0 radical (unpaired) electrons. The van der Waals surface area contributed by atoms with E-state index in [0.29, 0.717) is 0 Å². The zero-order valence-corrected chi connectivity index (χ0v) is 12.9. The van der Waals surface area contributed by atoms with E-state index in [2.05, 4.69) is 79.2 Å². The lowest BCUT2D eigenvalue weighted by Crippen LogP contribution is -3.00. The third-order valence-electron chi connectivity index (χ3n) is 4.22. The van der Waals surface area contributed by atoms with Crippen LogP contribution in [-0.4, -0.2) is 0 Å². The van der Waals surface area contributed by atoms with Gasteiger partial charge in [-0.2, -0.15) is 4.40 Å². The van der Waals surface area contributed by atoms with E-state index in [1.807, 2.05) is 0 Å². The van der Waals surface area contributed by atoms with Gasteiger partial charge < -0.3 is 12.4 Å². The van der Waals surface area contributed by atoms with Crippen LogP contribution in [0.5, 0.6) is 0 Å². The second-order valence-corrected chi connectivity index (χ2v) is 5.45. The number of pyridine rings is 2. The average Bonchev–Trinajstić information content (AvgIpc) is 2.47. The van der Waals surface area contributed by atoms with E-state index in [1.165, 1.54) is 38.2 Å². The number of fused-ring (bicyclic) bond motifs is 4. The number of benzene rings is 2. The van der Waals surface area contributed by atoms with Crippen LogP contribution in [0.25, 0.3) is 27.1 Å². The molecule has 0 saturated carbocycles. The molecule has 0 atom stereocenters. The number of aromatic nitrogens is 1. The Kier molecular flexibility index (Phi) is 3.30. The van der Waals surface area contributed by atoms with Crippen molar-refractivity contribution in [3.8, 4) is 0 Å². The highest BCUT2D eigenvalue weighted by atomic mass is 35.5. The van der Waals surface area contributed by atoms with Crippen LogP contribution in [-0.2, 0) is 0 Å². The van der Waals surface area contributed by atoms with Crippen molar-refractivity contribution in [2.75, 3.05) is 0 Å². The van der Waals surface area contributed by atoms with E-state index in [1.54, 1.807) is 0 Å². The van der Waals surface area contributed by atoms with Crippen molar-refractivity contribution in [3.63, 3.8) is 0 Å². The van der Waals surface area contributed by atoms with Gasteiger partial charge in [0.25, 0.3) is 0 Å². The maximum Gasteiger partial charge on any atom is 0.217 e. The number of hydrogen-bond donors (Lipinski definition) is 0. The van der Waals surface area contributed by atoms with Crippen LogP contribution in [0.4, 0.5) is 0 Å². The zero-order valence-electron chi connectivity index (χ0n) is 12.1. The highest BCUT2D eigenvalue weighted by molar-refractivity contribution is 6.08. The first-order valence-electron chi connectivity index (χ1n) is 6.97. The van der Waals surface area contributed by atoms with Crippen molar-refractivity contribution in [3.05, 3.63) is 72.1 Å². The Hall–Kier alpha value is -2.12. The Morgan fingerprint density at radius 2 is 1.57 bits per heavy atom. The predicted octanol–water partition coefficient (Wildman–Crippen LogP) is 1.35. The first kappa shape index (κ1) is 13.8. The fourth-order valence-electron chi connectivity index (χ4n) is 3.26. The molecule has 0 N–H and O–H groups in total. The van der Waals surface area contributed by atoms with Crippen LogP contribution in [0.2, 0.25) is 0 Å². The number of hydrogen-bond acceptors (Lipinski definition) is 0. The Balaban J connectivity index is 0.00000132. The molecule has 0 unspecified atom stereocenters. The van der Waals surface area contributed by atoms with Crippen molar-refractivity contribution >= 4 is 27.1 Å². The molecule has 0 spiro atoms. The minimum atomic E-state index is 0. The topological polar surface area (TPSA) is 4.10 Å². The highest BCUT2D eigenvalue weighted by Gasteiger charge is 2.14. The standard InChI is InChI=1S/C19H16N.ClH/c1-13-6-5-11-20-12-18-16(14(2)19(13)20)10-9-15-7-3-4-8-17(15)18;/h3-12H,1-2H3;1H/q+1;/p-1. The Morgan fingerprint density at radius 1 is 0.762 bits per heavy atom. The Morgan fingerprint density at radius 3 is 2.43 bits per heavy atom. The van der Waals surface area contributed by atoms with E-state index in [9.17, 15) is 0 Å². The second kappa shape index (κ2) is 5.01. The SMILES string of the molecule is Cc1ccc[n+]2cc3c(ccc4ccccc43)c(C)c12.[Cl-]. The summed E-state index contributed by atoms with van der Waals surface area (Å²) >= 11 is 0. The molecule has 0 bridgehead atoms. The number of nitrogens with zero attached hydrogens (tertiary/aromatic N) is 1. The van der Waals surface area contributed by atoms with Crippen molar-refractivity contribution in [2.24, 2.45) is 0 Å². The van der Waals surface area contributed by atoms with Gasteiger partial charge in [0.15, 0.2) is 12.4 Å². The third-order valence-corrected chi connectivity index (χ3v) is 4.22. The van der Waals surface area contributed by atoms with Gasteiger partial charge in [0.2, 0.25) is 5.52 Å². The summed E-state index contributed by atoms with van der Waals surface area (Å²) in [5.74, 6) is 0. The minimum Gasteiger partial charge on any atom is -1.00 e. The van der Waals surface area contributed by atoms with Gasteiger partial charge >= 0.3 is 0 Å². The summed E-state index contributed by atoms with van der Waals surface area (Å²) in [7, 11) is 0. The molecule has 4 rings (SSSR count). The molecule has 0 aliphatic rings. The van der Waals surface area contributed by atoms with E-state index >= 15 is 0 Å². The monoisotopic (exact) mass is 293 g/mol. The van der Waals surface area contributed by atoms with Gasteiger partial charge in [-0.25, -0.2) is 0 Å². The molecule has 2 aromatic carbocycles. The summed E-state index contributed by atoms with van der Waals surface area (Å²) in [5.41, 5.74) is 3.99. The van der Waals surface area contributed by atoms with Crippen molar-refractivity contribution < 1.29 is 16.8 Å². The predicted molar refractivity (Wildman–Crippen MR) is 84.1 cm³/mol. The van der Waals surface area contributed by atoms with Crippen LogP contribution >= 0.6 is 0 Å². The van der Waals surface area contributed by atoms with Crippen molar-refractivity contribution in [2.45, 2.75) is 13.8 Å². The quantitative estimate of drug-likeness (QED) is 0.262. The lowest BCUT2D eigenvalue weighted by molar-refractivity contribution is -0.510. The first-order chi connectivity index (χ1) is 9.75. The van der Waals surface area contributed by atoms with E-state index < -0.39 is 0 Å². The molecule has 0 saturated heterocycles. The van der Waals surface area contributed by atoms with Gasteiger partial charge in [0.1, 0.15) is 0 Å². The van der Waals surface area contributed by atoms with Gasteiger partial charge in [0.05, 0.1) is 5.39 Å². The molecule has 4 aromatic rings. The Labute approximate surface area is 130 Å². The molecule has 21 heavy (non-hydrogen) atoms. The molecule has 0 aliphatic carbocycles. The smallest absolute Gasteiger partial charge is 0.217 e. The maximum atomic E-state index is 2.26. The van der Waals surface area contributed by atoms with Gasteiger partial charge in [-0.15, -0.1) is 0 Å². The fourth-order valence-corrected chi connectivity index (χ4v) is 3.26. The summed E-state index contributed by atoms with van der Waals surface area (Å²) in [6, 6.07) is 17.4. The number of rotatable bonds is 0. The van der Waals surface area contributed by atoms with Crippen LogP contribution in [0.1, 0.15) is 11.1 Å². The van der Waals surface area contributed by atoms with E-state index in [4.69, 9.17) is 0 Å². The second-order valence-electron chi connectivity index (χ2n) is 5.45. The molecular weight excluding hydrogens is 278 g/mol. The molecule has 104 valence electrons. The first-order valence-corrected chi connectivity index (χ1v) is 6.97. The summed E-state index contributed by atoms with van der Waals surface area (Å²) in [6.07, 6.45) is 4.39. The molecule has 1 nitrogen and oxygen atoms in total. The number of aryl methyl sites for hydroxylation is 2. The molecule has 0 aliphatic heterocycles. The van der Waals surface area contributed by atoms with E-state index in [0.717, 1.165) is 0 Å². The fraction of sp³-hybridized carbons (Fsp3) is 0.105. The number of halogens is 1. The summed E-state index contributed by atoms with van der Waals surface area (Å²) < 4.78 is 2.25. The minimum absolute atomic E-state index is 0. The normalized spacial score (nSPS) is 11.0. The molecule has 0 fully saturated rings. The van der Waals surface area contributed by atoms with Gasteiger partial charge in [-0.3, -0.25) is 0 Å². The zero-order chi connectivity index (χ0) is 13.7. The van der Waals surface area contributed by atoms with Crippen LogP contribution in [0.3, 0.4) is 0 Å². The summed E-state index contributed by atoms with van der Waals surface area (Å²) in [4.78, 5) is 0. The highest BCUT2D eigenvalue weighted by Crippen LogP contribution is 2.28. The molecule has 0 amide bonds. The summed E-state index contributed by atoms with van der Waals surface area (Å²) in [5, 5.41) is 5.29. The molecule has 2 heteroatoms. The lowest BCUT2D eigenvalue weighted by atomic mass is 9.99.